The zero-order chi connectivity index (χ0) is 79.7. The van der Waals surface area contributed by atoms with E-state index in [1.807, 2.05) is 41.5 Å². The van der Waals surface area contributed by atoms with Gasteiger partial charge in [-0.05, 0) is 124 Å². The molecule has 2 saturated heterocycles. The molecule has 2 aromatic carbocycles. The first kappa shape index (κ1) is 90.6. The Balaban J connectivity index is 1.99. The van der Waals surface area contributed by atoms with E-state index in [-0.39, 0.29) is 94.6 Å². The summed E-state index contributed by atoms with van der Waals surface area (Å²) in [6, 6.07) is 1.64. The number of rotatable bonds is 20. The highest BCUT2D eigenvalue weighted by molar-refractivity contribution is 6.30. The average molecular weight is 1510 g/mol. The average Bonchev–Trinajstić information content (AvgIpc) is 0.774. The number of aliphatic hydroxyl groups excluding tert-OH is 2. The summed E-state index contributed by atoms with van der Waals surface area (Å²) >= 11 is 6.55. The molecule has 2 fully saturated rings. The molecule has 1 unspecified atom stereocenters. The Kier molecular flexibility index (Phi) is 37.0. The molecule has 12 amide bonds. The predicted octanol–water partition coefficient (Wildman–Crippen LogP) is 4.69. The Morgan fingerprint density at radius 3 is 1.46 bits per heavy atom. The van der Waals surface area contributed by atoms with E-state index < -0.39 is 162 Å². The summed E-state index contributed by atoms with van der Waals surface area (Å²) in [6.07, 6.45) is -0.468. The molecule has 2 aliphatic rings. The zero-order valence-corrected chi connectivity index (χ0v) is 67.2. The van der Waals surface area contributed by atoms with Crippen LogP contribution in [0.2, 0.25) is 5.02 Å². The van der Waals surface area contributed by atoms with Crippen molar-refractivity contribution in [2.24, 2.45) is 29.6 Å². The molecule has 2 aromatic rings. The number of amides is 12. The predicted molar refractivity (Wildman–Crippen MR) is 406 cm³/mol. The summed E-state index contributed by atoms with van der Waals surface area (Å²) in [5.74, 6) is -9.88. The lowest BCUT2D eigenvalue weighted by atomic mass is 9.96. The topological polar surface area (TPSA) is 329 Å². The van der Waals surface area contributed by atoms with Crippen LogP contribution in [0.25, 0.3) is 0 Å². The Morgan fingerprint density at radius 2 is 0.934 bits per heavy atom. The number of hydrogen-bond donors (Lipinski definition) is 6. The number of carbonyl (C=O) groups is 12. The second kappa shape index (κ2) is 43.3. The highest BCUT2D eigenvalue weighted by Gasteiger charge is 2.45. The number of hydrogen-bond acceptors (Lipinski definition) is 15. The van der Waals surface area contributed by atoms with Gasteiger partial charge in [0.05, 0.1) is 25.2 Å². The number of likely N-dealkylation sites (tertiary alicyclic amines) is 1. The molecule has 4 rings (SSSR count). The summed E-state index contributed by atoms with van der Waals surface area (Å²) in [5.41, 5.74) is 1.14. The minimum atomic E-state index is -1.73. The molecule has 6 N–H and O–H groups in total. The van der Waals surface area contributed by atoms with Gasteiger partial charge in [-0.15, -0.1) is 0 Å². The molecule has 0 spiro atoms. The van der Waals surface area contributed by atoms with Gasteiger partial charge in [0, 0.05) is 99.9 Å². The number of ether oxygens (including phenoxy) is 1. The van der Waals surface area contributed by atoms with Crippen molar-refractivity contribution in [2.75, 3.05) is 82.2 Å². The Morgan fingerprint density at radius 1 is 0.481 bits per heavy atom. The van der Waals surface area contributed by atoms with E-state index in [0.29, 0.717) is 42.1 Å². The molecule has 0 aliphatic carbocycles. The standard InChI is InChI=1S/C78H125ClN12O15/c1-47(2)38-59-71(98)82-67(51(9)10)77(104)90(19)64(43-54-28-22-20-23-29-54)76(103)88(17)62(44-55-30-26-31-56(79)42-55)70(97)81-58(46-106-37-33-52(11)92)73(100)86(15)61(40-49(5)6)72(99)83-68(53(12)93)78(105)89(18)63(41-50(7)8)75(102)87(16)60(39-48(3)4)69(96)80-57(74(101)91-35-24-21-25-36-91)45-66(95)84(13)34-27-32-65(94)85(59)14/h20,22-23,26,28-31,42,47-53,57-64,67-68,92-93H,21,24-25,27,32-41,43-46H2,1-19H3,(H,80,96)(H,81,97)(H,82,98)(H,83,99)/t52-,53+,57-,58?,59-,60-,61-,62-,63-,64-,67-,68-/m0/s1. The Hall–Kier alpha value is -7.75. The number of aliphatic hydroxyl groups is 2. The number of likely N-dealkylation sites (N-methyl/N-ethyl adjacent to an activating group) is 6. The maximum atomic E-state index is 15.7. The van der Waals surface area contributed by atoms with Crippen molar-refractivity contribution in [3.8, 4) is 0 Å². The summed E-state index contributed by atoms with van der Waals surface area (Å²) in [4.78, 5) is 191. The summed E-state index contributed by atoms with van der Waals surface area (Å²) in [7, 11) is 9.95. The van der Waals surface area contributed by atoms with Crippen LogP contribution < -0.4 is 21.3 Å². The quantitative estimate of drug-likeness (QED) is 0.0980. The van der Waals surface area contributed by atoms with Gasteiger partial charge in [0.1, 0.15) is 60.4 Å². The van der Waals surface area contributed by atoms with E-state index in [4.69, 9.17) is 16.3 Å². The van der Waals surface area contributed by atoms with Gasteiger partial charge >= 0.3 is 0 Å². The maximum Gasteiger partial charge on any atom is 0.248 e. The fraction of sp³-hybridized carbons (Fsp3) is 0.692. The Labute approximate surface area is 634 Å². The highest BCUT2D eigenvalue weighted by atomic mass is 35.5. The number of nitrogens with zero attached hydrogens (tertiary/aromatic N) is 8. The molecule has 2 aliphatic heterocycles. The molecule has 594 valence electrons. The summed E-state index contributed by atoms with van der Waals surface area (Å²) in [6.45, 7) is 21.2. The van der Waals surface area contributed by atoms with Crippen LogP contribution in [-0.4, -0.2) is 275 Å². The van der Waals surface area contributed by atoms with Crippen molar-refractivity contribution in [2.45, 2.75) is 239 Å². The second-order valence-electron chi connectivity index (χ2n) is 31.2. The van der Waals surface area contributed by atoms with Gasteiger partial charge in [0.15, 0.2) is 0 Å². The number of carbonyl (C=O) groups excluding carboxylic acids is 12. The fourth-order valence-electron chi connectivity index (χ4n) is 13.4. The smallest absolute Gasteiger partial charge is 0.248 e. The van der Waals surface area contributed by atoms with Crippen molar-refractivity contribution in [3.05, 3.63) is 70.7 Å². The summed E-state index contributed by atoms with van der Waals surface area (Å²) < 4.78 is 6.00. The summed E-state index contributed by atoms with van der Waals surface area (Å²) in [5, 5.41) is 33.4. The molecular formula is C78H125ClN12O15. The molecule has 28 heteroatoms. The van der Waals surface area contributed by atoms with Crippen LogP contribution in [0.4, 0.5) is 0 Å². The number of piperidine rings is 1. The molecule has 0 radical (unpaired) electrons. The van der Waals surface area contributed by atoms with Crippen LogP contribution >= 0.6 is 11.6 Å². The number of nitrogens with one attached hydrogen (secondary N) is 4. The number of benzene rings is 2. The molecule has 12 atom stereocenters. The lowest BCUT2D eigenvalue weighted by Crippen LogP contribution is -2.63. The molecule has 0 aromatic heterocycles. The molecular weight excluding hydrogens is 1380 g/mol. The minimum absolute atomic E-state index is 0.0254. The van der Waals surface area contributed by atoms with Crippen molar-refractivity contribution in [1.29, 1.82) is 0 Å². The second-order valence-corrected chi connectivity index (χ2v) is 31.6. The van der Waals surface area contributed by atoms with E-state index in [2.05, 4.69) is 21.3 Å². The highest BCUT2D eigenvalue weighted by Crippen LogP contribution is 2.25. The monoisotopic (exact) mass is 1500 g/mol. The Bertz CT molecular complexity index is 3260. The molecule has 2 heterocycles. The van der Waals surface area contributed by atoms with Gasteiger partial charge < -0.3 is 75.4 Å². The van der Waals surface area contributed by atoms with Gasteiger partial charge in [-0.3, -0.25) is 57.5 Å². The maximum absolute atomic E-state index is 15.7. The molecule has 0 bridgehead atoms. The normalized spacial score (nSPS) is 24.9. The van der Waals surface area contributed by atoms with Crippen LogP contribution in [0.3, 0.4) is 0 Å². The molecule has 0 saturated carbocycles. The SMILES string of the molecule is CC(C)C[C@H]1C(=O)N[C@@H](C(C)C)C(=O)N(C)[C@@H](Cc2ccccc2)C(=O)N(C)[C@@H](Cc2cccc(Cl)c2)C(=O)NC(COCC[C@H](C)O)C(=O)N(C)[C@@H](CC(C)C)C(=O)N[C@@H]([C@@H](C)O)C(=O)N(C)[C@@H](CC(C)C)C(=O)N(C)[C@@H](CC(C)C)C(=O)N[C@H](C(=O)N2CCCCC2)CC(=O)N(C)CCCC(=O)N1C. The van der Waals surface area contributed by atoms with E-state index >= 15 is 33.6 Å². The lowest BCUT2D eigenvalue weighted by Gasteiger charge is -2.38. The van der Waals surface area contributed by atoms with E-state index in [0.717, 1.165) is 16.2 Å². The third-order valence-corrected chi connectivity index (χ3v) is 20.1. The fourth-order valence-corrected chi connectivity index (χ4v) is 13.6. The van der Waals surface area contributed by atoms with Gasteiger partial charge in [-0.1, -0.05) is 123 Å². The first-order valence-corrected chi connectivity index (χ1v) is 38.1. The molecule has 106 heavy (non-hydrogen) atoms. The van der Waals surface area contributed by atoms with Crippen LogP contribution in [-0.2, 0) is 75.1 Å². The van der Waals surface area contributed by atoms with Crippen LogP contribution in [0.15, 0.2) is 54.6 Å². The van der Waals surface area contributed by atoms with Crippen LogP contribution in [0, 0.1) is 29.6 Å². The first-order valence-electron chi connectivity index (χ1n) is 37.7. The van der Waals surface area contributed by atoms with E-state index in [9.17, 15) is 34.2 Å². The first-order chi connectivity index (χ1) is 49.7. The van der Waals surface area contributed by atoms with E-state index in [1.54, 1.807) is 94.1 Å². The van der Waals surface area contributed by atoms with Gasteiger partial charge in [-0.25, -0.2) is 0 Å². The number of halogens is 1. The third-order valence-electron chi connectivity index (χ3n) is 19.9. The van der Waals surface area contributed by atoms with Gasteiger partial charge in [0.25, 0.3) is 0 Å². The zero-order valence-electron chi connectivity index (χ0n) is 66.4. The van der Waals surface area contributed by atoms with Crippen LogP contribution in [0.5, 0.6) is 0 Å². The van der Waals surface area contributed by atoms with Gasteiger partial charge in [-0.2, -0.15) is 0 Å². The van der Waals surface area contributed by atoms with Crippen molar-refractivity contribution >= 4 is 82.5 Å². The van der Waals surface area contributed by atoms with Crippen molar-refractivity contribution in [1.82, 2.24) is 60.5 Å². The third kappa shape index (κ3) is 27.2. The van der Waals surface area contributed by atoms with E-state index in [1.165, 1.54) is 80.8 Å². The largest absolute Gasteiger partial charge is 0.393 e. The minimum Gasteiger partial charge on any atom is -0.393 e. The molecule has 27 nitrogen and oxygen atoms in total. The van der Waals surface area contributed by atoms with Gasteiger partial charge in [0.2, 0.25) is 70.9 Å². The van der Waals surface area contributed by atoms with Crippen molar-refractivity contribution < 1.29 is 72.5 Å². The lowest BCUT2D eigenvalue weighted by molar-refractivity contribution is -0.152. The van der Waals surface area contributed by atoms with Crippen molar-refractivity contribution in [3.63, 3.8) is 0 Å². The van der Waals surface area contributed by atoms with Crippen LogP contribution in [0.1, 0.15) is 165 Å².